The summed E-state index contributed by atoms with van der Waals surface area (Å²) in [4.78, 5) is 16.4. The number of aromatic nitrogens is 3. The first-order valence-corrected chi connectivity index (χ1v) is 7.41. The summed E-state index contributed by atoms with van der Waals surface area (Å²) in [6.45, 7) is -0.698. The zero-order valence-corrected chi connectivity index (χ0v) is 11.9. The summed E-state index contributed by atoms with van der Waals surface area (Å²) in [6, 6.07) is 9.19. The van der Waals surface area contributed by atoms with E-state index in [1.54, 1.807) is 0 Å². The van der Waals surface area contributed by atoms with Gasteiger partial charge in [-0.25, -0.2) is 18.4 Å². The maximum Gasteiger partial charge on any atom is 0.218 e. The van der Waals surface area contributed by atoms with Crippen molar-refractivity contribution in [2.24, 2.45) is 5.41 Å². The van der Waals surface area contributed by atoms with Crippen molar-refractivity contribution < 1.29 is 13.6 Å². The number of rotatable bonds is 4. The highest BCUT2D eigenvalue weighted by atomic mass is 19.1. The van der Waals surface area contributed by atoms with Crippen molar-refractivity contribution in [2.45, 2.75) is 31.5 Å². The molecule has 0 radical (unpaired) electrons. The summed E-state index contributed by atoms with van der Waals surface area (Å²) in [6.07, 6.45) is 0.0582. The van der Waals surface area contributed by atoms with E-state index in [2.05, 4.69) is 10.1 Å². The normalized spacial score (nSPS) is 25.0. The van der Waals surface area contributed by atoms with Crippen LogP contribution in [0.4, 0.5) is 8.78 Å². The van der Waals surface area contributed by atoms with Gasteiger partial charge in [0.1, 0.15) is 6.67 Å². The predicted octanol–water partition coefficient (Wildman–Crippen LogP) is 3.21. The van der Waals surface area contributed by atoms with E-state index in [4.69, 9.17) is 0 Å². The van der Waals surface area contributed by atoms with Crippen LogP contribution in [0.3, 0.4) is 0 Å². The molecule has 0 bridgehead atoms. The number of carbonyl (C=O) groups is 1. The van der Waals surface area contributed by atoms with Crippen LogP contribution >= 0.6 is 0 Å². The molecule has 1 fully saturated rings. The SMILES string of the molecule is O=C(c1nc2n(n1)[C@H](c1ccccc1)C[C@@H]2F)C1(CF)CC1. The van der Waals surface area contributed by atoms with Crippen LogP contribution in [0.15, 0.2) is 30.3 Å². The number of alkyl halides is 2. The van der Waals surface area contributed by atoms with E-state index >= 15 is 0 Å². The molecule has 2 aromatic rings. The second kappa shape index (κ2) is 4.69. The molecule has 0 saturated heterocycles. The molecule has 4 nitrogen and oxygen atoms in total. The highest BCUT2D eigenvalue weighted by molar-refractivity contribution is 5.99. The van der Waals surface area contributed by atoms with Crippen LogP contribution in [-0.4, -0.2) is 27.2 Å². The Morgan fingerprint density at radius 3 is 2.68 bits per heavy atom. The first-order chi connectivity index (χ1) is 10.6. The van der Waals surface area contributed by atoms with Crippen molar-refractivity contribution in [1.29, 1.82) is 0 Å². The third-order valence-electron chi connectivity index (χ3n) is 4.64. The Morgan fingerprint density at radius 1 is 1.32 bits per heavy atom. The fourth-order valence-electron chi connectivity index (χ4n) is 3.04. The average Bonchev–Trinajstić information content (AvgIpc) is 3.13. The molecule has 1 aromatic carbocycles. The molecular formula is C16H15F2N3O. The van der Waals surface area contributed by atoms with Gasteiger partial charge in [-0.3, -0.25) is 4.79 Å². The third kappa shape index (κ3) is 1.90. The Balaban J connectivity index is 1.71. The minimum atomic E-state index is -1.25. The van der Waals surface area contributed by atoms with Gasteiger partial charge in [0.2, 0.25) is 11.6 Å². The number of hydrogen-bond donors (Lipinski definition) is 0. The maximum atomic E-state index is 14.2. The van der Waals surface area contributed by atoms with E-state index in [1.165, 1.54) is 4.68 Å². The van der Waals surface area contributed by atoms with Gasteiger partial charge in [-0.05, 0) is 18.4 Å². The van der Waals surface area contributed by atoms with E-state index in [0.29, 0.717) is 12.8 Å². The average molecular weight is 303 g/mol. The molecule has 0 N–H and O–H groups in total. The fraction of sp³-hybridized carbons (Fsp3) is 0.438. The first kappa shape index (κ1) is 13.5. The number of fused-ring (bicyclic) bond motifs is 1. The molecule has 1 aliphatic heterocycles. The van der Waals surface area contributed by atoms with Crippen LogP contribution in [0, 0.1) is 5.41 Å². The summed E-state index contributed by atoms with van der Waals surface area (Å²) >= 11 is 0. The van der Waals surface area contributed by atoms with Gasteiger partial charge in [0.25, 0.3) is 0 Å². The number of benzene rings is 1. The largest absolute Gasteiger partial charge is 0.290 e. The highest BCUT2D eigenvalue weighted by Crippen LogP contribution is 2.48. The van der Waals surface area contributed by atoms with E-state index in [-0.39, 0.29) is 24.1 Å². The number of halogens is 2. The minimum Gasteiger partial charge on any atom is -0.290 e. The Morgan fingerprint density at radius 2 is 2.05 bits per heavy atom. The molecule has 1 saturated carbocycles. The van der Waals surface area contributed by atoms with E-state index < -0.39 is 24.0 Å². The van der Waals surface area contributed by atoms with Gasteiger partial charge in [-0.15, -0.1) is 5.10 Å². The fourth-order valence-corrected chi connectivity index (χ4v) is 3.04. The Hall–Kier alpha value is -2.11. The lowest BCUT2D eigenvalue weighted by molar-refractivity contribution is 0.0864. The number of hydrogen-bond acceptors (Lipinski definition) is 3. The van der Waals surface area contributed by atoms with Crippen molar-refractivity contribution in [3.63, 3.8) is 0 Å². The Kier molecular flexibility index (Phi) is 2.89. The zero-order valence-electron chi connectivity index (χ0n) is 11.9. The van der Waals surface area contributed by atoms with Crippen LogP contribution in [-0.2, 0) is 0 Å². The van der Waals surface area contributed by atoms with Crippen molar-refractivity contribution in [2.75, 3.05) is 6.67 Å². The minimum absolute atomic E-state index is 0.0477. The predicted molar refractivity (Wildman–Crippen MR) is 75.0 cm³/mol. The molecular weight excluding hydrogens is 288 g/mol. The van der Waals surface area contributed by atoms with Crippen molar-refractivity contribution in [1.82, 2.24) is 14.8 Å². The molecule has 2 atom stereocenters. The van der Waals surface area contributed by atoms with Gasteiger partial charge in [0, 0.05) is 6.42 Å². The molecule has 1 aliphatic carbocycles. The number of nitrogens with zero attached hydrogens (tertiary/aromatic N) is 3. The Labute approximate surface area is 126 Å². The summed E-state index contributed by atoms with van der Waals surface area (Å²) in [5.41, 5.74) is -0.0177. The number of carbonyl (C=O) groups excluding carboxylic acids is 1. The topological polar surface area (TPSA) is 47.8 Å². The quantitative estimate of drug-likeness (QED) is 0.815. The van der Waals surface area contributed by atoms with E-state index in [9.17, 15) is 13.6 Å². The molecule has 0 unspecified atom stereocenters. The Bertz CT molecular complexity index is 724. The maximum absolute atomic E-state index is 14.2. The molecule has 2 heterocycles. The standard InChI is InChI=1S/C16H15F2N3O/c17-9-16(6-7-16)13(22)14-19-15-11(18)8-12(21(15)20-14)10-4-2-1-3-5-10/h1-5,11-12H,6-9H2/t11-,12-/m0/s1. The zero-order chi connectivity index (χ0) is 15.3. The summed E-state index contributed by atoms with van der Waals surface area (Å²) in [5.74, 6) is -0.267. The lowest BCUT2D eigenvalue weighted by atomic mass is 10.0. The molecule has 0 spiro atoms. The summed E-state index contributed by atoms with van der Waals surface area (Å²) in [5, 5.41) is 4.20. The summed E-state index contributed by atoms with van der Waals surface area (Å²) < 4.78 is 28.7. The van der Waals surface area contributed by atoms with Gasteiger partial charge in [0.05, 0.1) is 11.5 Å². The van der Waals surface area contributed by atoms with E-state index in [0.717, 1.165) is 5.56 Å². The second-order valence-corrected chi connectivity index (χ2v) is 6.11. The van der Waals surface area contributed by atoms with Gasteiger partial charge >= 0.3 is 0 Å². The number of Topliss-reactive ketones (excluding diaryl/α,β-unsaturated/α-hetero) is 1. The van der Waals surface area contributed by atoms with Crippen LogP contribution in [0.1, 0.15) is 53.5 Å². The molecule has 1 aromatic heterocycles. The smallest absolute Gasteiger partial charge is 0.218 e. The van der Waals surface area contributed by atoms with Crippen molar-refractivity contribution in [3.8, 4) is 0 Å². The van der Waals surface area contributed by atoms with Crippen LogP contribution < -0.4 is 0 Å². The van der Waals surface area contributed by atoms with Gasteiger partial charge in [-0.2, -0.15) is 0 Å². The highest BCUT2D eigenvalue weighted by Gasteiger charge is 2.52. The molecule has 114 valence electrons. The van der Waals surface area contributed by atoms with Crippen molar-refractivity contribution in [3.05, 3.63) is 47.5 Å². The summed E-state index contributed by atoms with van der Waals surface area (Å²) in [7, 11) is 0. The molecule has 4 rings (SSSR count). The van der Waals surface area contributed by atoms with Gasteiger partial charge in [0.15, 0.2) is 12.0 Å². The van der Waals surface area contributed by atoms with Crippen LogP contribution in [0.2, 0.25) is 0 Å². The number of ketones is 1. The molecule has 2 aliphatic rings. The lowest BCUT2D eigenvalue weighted by Crippen LogP contribution is -2.20. The second-order valence-electron chi connectivity index (χ2n) is 6.11. The molecule has 0 amide bonds. The molecule has 6 heteroatoms. The van der Waals surface area contributed by atoms with E-state index in [1.807, 2.05) is 30.3 Å². The van der Waals surface area contributed by atoms with Crippen molar-refractivity contribution >= 4 is 5.78 Å². The lowest BCUT2D eigenvalue weighted by Gasteiger charge is -2.11. The van der Waals surface area contributed by atoms with Crippen LogP contribution in [0.5, 0.6) is 0 Å². The first-order valence-electron chi connectivity index (χ1n) is 7.41. The third-order valence-corrected chi connectivity index (χ3v) is 4.64. The van der Waals surface area contributed by atoms with Gasteiger partial charge < -0.3 is 0 Å². The van der Waals surface area contributed by atoms with Crippen LogP contribution in [0.25, 0.3) is 0 Å². The van der Waals surface area contributed by atoms with Gasteiger partial charge in [-0.1, -0.05) is 30.3 Å². The monoisotopic (exact) mass is 303 g/mol. The molecule has 22 heavy (non-hydrogen) atoms.